The second-order valence-corrected chi connectivity index (χ2v) is 5.86. The van der Waals surface area contributed by atoms with E-state index in [2.05, 4.69) is 15.4 Å². The minimum atomic E-state index is -0.324. The minimum Gasteiger partial charge on any atom is -0.469 e. The largest absolute Gasteiger partial charge is 0.469 e. The van der Waals surface area contributed by atoms with Gasteiger partial charge in [-0.2, -0.15) is 0 Å². The summed E-state index contributed by atoms with van der Waals surface area (Å²) in [4.78, 5) is 23.3. The van der Waals surface area contributed by atoms with Crippen molar-refractivity contribution >= 4 is 45.6 Å². The molecule has 1 heterocycles. The van der Waals surface area contributed by atoms with E-state index in [1.165, 1.54) is 18.4 Å². The van der Waals surface area contributed by atoms with E-state index < -0.39 is 0 Å². The highest BCUT2D eigenvalue weighted by Gasteiger charge is 2.15. The molecular weight excluding hydrogens is 324 g/mol. The molecule has 0 spiro atoms. The monoisotopic (exact) mass is 344 g/mol. The number of carbonyl (C=O) groups is 2. The highest BCUT2D eigenvalue weighted by atomic mass is 32.1. The maximum Gasteiger partial charge on any atom is 0.348 e. The first-order valence-electron chi connectivity index (χ1n) is 6.87. The molecule has 0 saturated carbocycles. The highest BCUT2D eigenvalue weighted by molar-refractivity contribution is 7.80. The Labute approximate surface area is 139 Å². The first-order valence-corrected chi connectivity index (χ1v) is 8.09. The van der Waals surface area contributed by atoms with Crippen LogP contribution in [0.25, 0.3) is 0 Å². The van der Waals surface area contributed by atoms with Crippen LogP contribution < -0.4 is 10.6 Å². The van der Waals surface area contributed by atoms with Crippen LogP contribution >= 0.6 is 23.6 Å². The Morgan fingerprint density at radius 3 is 2.77 bits per heavy atom. The molecule has 8 heteroatoms. The summed E-state index contributed by atoms with van der Waals surface area (Å²) in [5.74, 6) is -0.566. The number of anilines is 1. The lowest BCUT2D eigenvalue weighted by atomic mass is 10.3. The van der Waals surface area contributed by atoms with Gasteiger partial charge in [0.25, 0.3) is 0 Å². The van der Waals surface area contributed by atoms with Crippen molar-refractivity contribution in [2.24, 2.45) is 0 Å². The van der Waals surface area contributed by atoms with Gasteiger partial charge in [-0.1, -0.05) is 0 Å². The van der Waals surface area contributed by atoms with Crippen molar-refractivity contribution in [2.45, 2.75) is 26.7 Å². The average molecular weight is 344 g/mol. The van der Waals surface area contributed by atoms with Crippen LogP contribution in [0.3, 0.4) is 0 Å². The van der Waals surface area contributed by atoms with Crippen LogP contribution in [0.2, 0.25) is 0 Å². The number of carbonyl (C=O) groups excluding carboxylic acids is 2. The van der Waals surface area contributed by atoms with E-state index in [9.17, 15) is 9.59 Å². The number of aryl methyl sites for hydroxylation is 1. The smallest absolute Gasteiger partial charge is 0.348 e. The van der Waals surface area contributed by atoms with Crippen LogP contribution in [-0.4, -0.2) is 37.3 Å². The second-order valence-electron chi connectivity index (χ2n) is 4.40. The minimum absolute atomic E-state index is 0.242. The van der Waals surface area contributed by atoms with Gasteiger partial charge in [-0.25, -0.2) is 4.79 Å². The second kappa shape index (κ2) is 9.37. The molecule has 0 amide bonds. The van der Waals surface area contributed by atoms with Gasteiger partial charge in [-0.15, -0.1) is 11.3 Å². The fourth-order valence-corrected chi connectivity index (χ4v) is 2.88. The number of hydrogen-bond acceptors (Lipinski definition) is 6. The molecule has 22 heavy (non-hydrogen) atoms. The molecule has 0 fully saturated rings. The number of ether oxygens (including phenoxy) is 2. The van der Waals surface area contributed by atoms with E-state index >= 15 is 0 Å². The Balaban J connectivity index is 2.43. The van der Waals surface area contributed by atoms with Crippen LogP contribution in [0.15, 0.2) is 6.07 Å². The summed E-state index contributed by atoms with van der Waals surface area (Å²) in [6.07, 6.45) is 0.975. The predicted octanol–water partition coefficient (Wildman–Crippen LogP) is 2.47. The Kier molecular flexibility index (Phi) is 7.83. The zero-order valence-corrected chi connectivity index (χ0v) is 14.5. The summed E-state index contributed by atoms with van der Waals surface area (Å²) in [6, 6.07) is 1.85. The molecule has 2 N–H and O–H groups in total. The quantitative estimate of drug-likeness (QED) is 0.447. The molecule has 0 aliphatic heterocycles. The van der Waals surface area contributed by atoms with E-state index in [1.54, 1.807) is 6.92 Å². The first kappa shape index (κ1) is 18.4. The molecule has 0 aromatic carbocycles. The molecule has 0 saturated heterocycles. The van der Waals surface area contributed by atoms with Gasteiger partial charge in [0.1, 0.15) is 4.88 Å². The van der Waals surface area contributed by atoms with Gasteiger partial charge in [-0.3, -0.25) is 4.79 Å². The normalized spacial score (nSPS) is 9.95. The van der Waals surface area contributed by atoms with Crippen molar-refractivity contribution in [3.8, 4) is 0 Å². The summed E-state index contributed by atoms with van der Waals surface area (Å²) >= 11 is 6.46. The first-order chi connectivity index (χ1) is 10.5. The number of thiophene rings is 1. The SMILES string of the molecule is CCOC(=O)c1sc(NC(=S)NCCCC(=O)OC)cc1C. The average Bonchev–Trinajstić information content (AvgIpc) is 2.84. The van der Waals surface area contributed by atoms with Crippen LogP contribution in [0.5, 0.6) is 0 Å². The number of hydrogen-bond donors (Lipinski definition) is 2. The molecule has 6 nitrogen and oxygen atoms in total. The summed E-state index contributed by atoms with van der Waals surface area (Å²) in [5, 5.41) is 7.23. The van der Waals surface area contributed by atoms with Crippen LogP contribution in [0.1, 0.15) is 35.0 Å². The van der Waals surface area contributed by atoms with Gasteiger partial charge in [0, 0.05) is 13.0 Å². The topological polar surface area (TPSA) is 76.7 Å². The Hall–Kier alpha value is -1.67. The van der Waals surface area contributed by atoms with E-state index in [1.807, 2.05) is 13.0 Å². The summed E-state index contributed by atoms with van der Waals surface area (Å²) < 4.78 is 9.54. The van der Waals surface area contributed by atoms with Crippen LogP contribution in [0.4, 0.5) is 5.00 Å². The number of thiocarbonyl (C=S) groups is 1. The predicted molar refractivity (Wildman–Crippen MR) is 90.5 cm³/mol. The molecule has 1 rings (SSSR count). The molecule has 0 aliphatic rings. The van der Waals surface area contributed by atoms with Crippen molar-refractivity contribution in [3.05, 3.63) is 16.5 Å². The molecule has 0 unspecified atom stereocenters. The molecule has 0 aliphatic carbocycles. The standard InChI is InChI=1S/C14H20N2O4S2/c1-4-20-13(18)12-9(2)8-10(22-12)16-14(21)15-7-5-6-11(17)19-3/h8H,4-7H2,1-3H3,(H2,15,16,21). The Morgan fingerprint density at radius 2 is 2.14 bits per heavy atom. The fourth-order valence-electron chi connectivity index (χ4n) is 1.64. The molecule has 0 bridgehead atoms. The van der Waals surface area contributed by atoms with Gasteiger partial charge in [0.2, 0.25) is 0 Å². The van der Waals surface area contributed by atoms with Crippen molar-refractivity contribution in [2.75, 3.05) is 25.6 Å². The zero-order valence-electron chi connectivity index (χ0n) is 12.9. The van der Waals surface area contributed by atoms with Crippen molar-refractivity contribution < 1.29 is 19.1 Å². The Bertz CT molecular complexity index is 543. The Morgan fingerprint density at radius 1 is 1.41 bits per heavy atom. The van der Waals surface area contributed by atoms with Gasteiger partial charge in [-0.05, 0) is 44.1 Å². The van der Waals surface area contributed by atoms with Gasteiger partial charge in [0.15, 0.2) is 5.11 Å². The lowest BCUT2D eigenvalue weighted by molar-refractivity contribution is -0.140. The number of methoxy groups -OCH3 is 1. The van der Waals surface area contributed by atoms with E-state index in [0.717, 1.165) is 10.6 Å². The van der Waals surface area contributed by atoms with Crippen molar-refractivity contribution in [1.29, 1.82) is 0 Å². The maximum atomic E-state index is 11.7. The molecule has 0 radical (unpaired) electrons. The lowest BCUT2D eigenvalue weighted by Gasteiger charge is -2.08. The highest BCUT2D eigenvalue weighted by Crippen LogP contribution is 2.27. The third-order valence-corrected chi connectivity index (χ3v) is 4.07. The van der Waals surface area contributed by atoms with Gasteiger partial charge >= 0.3 is 11.9 Å². The van der Waals surface area contributed by atoms with Gasteiger partial charge < -0.3 is 20.1 Å². The molecule has 0 atom stereocenters. The third-order valence-electron chi connectivity index (χ3n) is 2.69. The third kappa shape index (κ3) is 5.98. The number of nitrogens with one attached hydrogen (secondary N) is 2. The lowest BCUT2D eigenvalue weighted by Crippen LogP contribution is -2.29. The number of esters is 2. The fraction of sp³-hybridized carbons (Fsp3) is 0.500. The molecule has 122 valence electrons. The van der Waals surface area contributed by atoms with Crippen LogP contribution in [-0.2, 0) is 14.3 Å². The molecule has 1 aromatic rings. The summed E-state index contributed by atoms with van der Waals surface area (Å²) in [5.41, 5.74) is 0.847. The molecular formula is C14H20N2O4S2. The van der Waals surface area contributed by atoms with E-state index in [-0.39, 0.29) is 11.9 Å². The summed E-state index contributed by atoms with van der Waals surface area (Å²) in [7, 11) is 1.36. The summed E-state index contributed by atoms with van der Waals surface area (Å²) in [6.45, 7) is 4.53. The van der Waals surface area contributed by atoms with Crippen molar-refractivity contribution in [1.82, 2.24) is 5.32 Å². The number of rotatable bonds is 7. The van der Waals surface area contributed by atoms with Crippen LogP contribution in [0, 0.1) is 6.92 Å². The zero-order chi connectivity index (χ0) is 16.5. The van der Waals surface area contributed by atoms with E-state index in [4.69, 9.17) is 17.0 Å². The van der Waals surface area contributed by atoms with Crippen molar-refractivity contribution in [3.63, 3.8) is 0 Å². The molecule has 1 aromatic heterocycles. The van der Waals surface area contributed by atoms with Gasteiger partial charge in [0.05, 0.1) is 18.7 Å². The maximum absolute atomic E-state index is 11.7. The van der Waals surface area contributed by atoms with E-state index in [0.29, 0.717) is 36.0 Å².